The van der Waals surface area contributed by atoms with Crippen molar-refractivity contribution in [3.05, 3.63) is 50.9 Å². The molecule has 98 valence electrons. The molecule has 19 heavy (non-hydrogen) atoms. The summed E-state index contributed by atoms with van der Waals surface area (Å²) in [4.78, 5) is 12.0. The maximum Gasteiger partial charge on any atom is 0.263 e. The van der Waals surface area contributed by atoms with Gasteiger partial charge in [0, 0.05) is 8.95 Å². The number of carbonyl (C=O) groups excluding carboxylic acids is 1. The molecule has 0 saturated carbocycles. The maximum atomic E-state index is 12.0. The van der Waals surface area contributed by atoms with Crippen LogP contribution in [0.3, 0.4) is 0 Å². The number of anilines is 1. The van der Waals surface area contributed by atoms with Crippen LogP contribution in [0, 0.1) is 0 Å². The Labute approximate surface area is 126 Å². The number of phenolic OH excluding ortho intramolecular Hbond substituents is 2. The lowest BCUT2D eigenvalue weighted by Crippen LogP contribution is -2.12. The van der Waals surface area contributed by atoms with Crippen molar-refractivity contribution >= 4 is 43.5 Å². The van der Waals surface area contributed by atoms with Gasteiger partial charge in [-0.2, -0.15) is 0 Å². The summed E-state index contributed by atoms with van der Waals surface area (Å²) in [6.07, 6.45) is 0. The first-order valence-electron chi connectivity index (χ1n) is 5.26. The monoisotopic (exact) mass is 385 g/mol. The summed E-state index contributed by atoms with van der Waals surface area (Å²) in [5.74, 6) is -1.13. The van der Waals surface area contributed by atoms with E-state index in [1.807, 2.05) is 0 Å². The Hall–Kier alpha value is -1.53. The Morgan fingerprint density at radius 2 is 1.68 bits per heavy atom. The van der Waals surface area contributed by atoms with Gasteiger partial charge >= 0.3 is 0 Å². The smallest absolute Gasteiger partial charge is 0.263 e. The minimum absolute atomic E-state index is 0.155. The van der Waals surface area contributed by atoms with E-state index >= 15 is 0 Å². The highest BCUT2D eigenvalue weighted by atomic mass is 79.9. The normalized spacial score (nSPS) is 10.2. The number of halogens is 2. The zero-order valence-corrected chi connectivity index (χ0v) is 12.7. The molecule has 0 unspecified atom stereocenters. The van der Waals surface area contributed by atoms with E-state index in [0.717, 1.165) is 4.47 Å². The lowest BCUT2D eigenvalue weighted by Gasteiger charge is -2.10. The third-order valence-electron chi connectivity index (χ3n) is 2.43. The van der Waals surface area contributed by atoms with Crippen molar-refractivity contribution < 1.29 is 15.0 Å². The predicted octanol–water partition coefficient (Wildman–Crippen LogP) is 3.88. The van der Waals surface area contributed by atoms with Crippen molar-refractivity contribution in [1.82, 2.24) is 0 Å². The van der Waals surface area contributed by atoms with Crippen molar-refractivity contribution in [2.75, 3.05) is 5.32 Å². The Balaban J connectivity index is 2.31. The fourth-order valence-corrected chi connectivity index (χ4v) is 2.68. The number of amides is 1. The quantitative estimate of drug-likeness (QED) is 0.733. The summed E-state index contributed by atoms with van der Waals surface area (Å²) in [5, 5.41) is 21.8. The third kappa shape index (κ3) is 3.08. The molecule has 0 bridgehead atoms. The zero-order chi connectivity index (χ0) is 14.0. The molecule has 3 N–H and O–H groups in total. The number of hydrogen-bond donors (Lipinski definition) is 3. The molecule has 0 saturated heterocycles. The fourth-order valence-electron chi connectivity index (χ4n) is 1.54. The van der Waals surface area contributed by atoms with E-state index in [0.29, 0.717) is 10.2 Å². The molecule has 0 heterocycles. The van der Waals surface area contributed by atoms with Gasteiger partial charge in [0.25, 0.3) is 5.91 Å². The molecule has 2 rings (SSSR count). The van der Waals surface area contributed by atoms with Crippen LogP contribution in [0.4, 0.5) is 5.69 Å². The summed E-state index contributed by atoms with van der Waals surface area (Å²) < 4.78 is 1.55. The number of phenols is 2. The molecule has 0 aliphatic rings. The molecule has 0 aromatic heterocycles. The van der Waals surface area contributed by atoms with E-state index in [1.165, 1.54) is 18.2 Å². The summed E-state index contributed by atoms with van der Waals surface area (Å²) in [6, 6.07) is 9.38. The van der Waals surface area contributed by atoms with E-state index in [1.54, 1.807) is 18.2 Å². The zero-order valence-electron chi connectivity index (χ0n) is 9.52. The van der Waals surface area contributed by atoms with Crippen molar-refractivity contribution in [3.8, 4) is 11.5 Å². The van der Waals surface area contributed by atoms with Gasteiger partial charge in [-0.25, -0.2) is 0 Å². The van der Waals surface area contributed by atoms with Gasteiger partial charge < -0.3 is 15.5 Å². The Morgan fingerprint density at radius 3 is 2.26 bits per heavy atom. The molecule has 6 heteroatoms. The van der Waals surface area contributed by atoms with Gasteiger partial charge in [0.1, 0.15) is 17.1 Å². The second-order valence-electron chi connectivity index (χ2n) is 3.75. The standard InChI is InChI=1S/C13H9Br2NO3/c14-7-4-5-9(8(15)6-7)16-13(19)12-10(17)2-1-3-11(12)18/h1-6,17-18H,(H,16,19). The number of aromatic hydroxyl groups is 2. The lowest BCUT2D eigenvalue weighted by atomic mass is 10.1. The van der Waals surface area contributed by atoms with Crippen LogP contribution in [0.5, 0.6) is 11.5 Å². The van der Waals surface area contributed by atoms with Gasteiger partial charge in [0.2, 0.25) is 0 Å². The van der Waals surface area contributed by atoms with E-state index in [2.05, 4.69) is 37.2 Å². The fraction of sp³-hybridized carbons (Fsp3) is 0. The van der Waals surface area contributed by atoms with Gasteiger partial charge in [-0.1, -0.05) is 22.0 Å². The van der Waals surface area contributed by atoms with E-state index in [-0.39, 0.29) is 17.1 Å². The average molecular weight is 387 g/mol. The SMILES string of the molecule is O=C(Nc1ccc(Br)cc1Br)c1c(O)cccc1O. The Morgan fingerprint density at radius 1 is 1.05 bits per heavy atom. The van der Waals surface area contributed by atoms with Crippen molar-refractivity contribution in [1.29, 1.82) is 0 Å². The molecule has 0 fully saturated rings. The molecular formula is C13H9Br2NO3. The molecule has 1 amide bonds. The van der Waals surface area contributed by atoms with Crippen molar-refractivity contribution in [3.63, 3.8) is 0 Å². The van der Waals surface area contributed by atoms with Gasteiger partial charge in [0.05, 0.1) is 5.69 Å². The predicted molar refractivity (Wildman–Crippen MR) is 79.6 cm³/mol. The van der Waals surface area contributed by atoms with Crippen LogP contribution in [-0.2, 0) is 0 Å². The van der Waals surface area contributed by atoms with Crippen LogP contribution in [0.15, 0.2) is 45.3 Å². The van der Waals surface area contributed by atoms with Crippen molar-refractivity contribution in [2.45, 2.75) is 0 Å². The first-order valence-corrected chi connectivity index (χ1v) is 6.85. The van der Waals surface area contributed by atoms with E-state index in [4.69, 9.17) is 0 Å². The molecule has 2 aromatic rings. The van der Waals surface area contributed by atoms with Crippen LogP contribution < -0.4 is 5.32 Å². The van der Waals surface area contributed by atoms with Crippen LogP contribution in [-0.4, -0.2) is 16.1 Å². The topological polar surface area (TPSA) is 69.6 Å². The molecule has 2 aromatic carbocycles. The molecular weight excluding hydrogens is 378 g/mol. The molecule has 4 nitrogen and oxygen atoms in total. The minimum atomic E-state index is -0.585. The highest BCUT2D eigenvalue weighted by Crippen LogP contribution is 2.30. The van der Waals surface area contributed by atoms with Gasteiger partial charge in [0.15, 0.2) is 0 Å². The summed E-state index contributed by atoms with van der Waals surface area (Å²) in [5.41, 5.74) is 0.383. The van der Waals surface area contributed by atoms with Crippen LogP contribution >= 0.6 is 31.9 Å². The highest BCUT2D eigenvalue weighted by Gasteiger charge is 2.16. The Kier molecular flexibility index (Phi) is 4.11. The van der Waals surface area contributed by atoms with Crippen molar-refractivity contribution in [2.24, 2.45) is 0 Å². The second kappa shape index (κ2) is 5.63. The maximum absolute atomic E-state index is 12.0. The Bertz CT molecular complexity index is 624. The number of nitrogens with one attached hydrogen (secondary N) is 1. The molecule has 0 aliphatic carbocycles. The first kappa shape index (κ1) is 13.9. The van der Waals surface area contributed by atoms with Gasteiger partial charge in [-0.15, -0.1) is 0 Å². The summed E-state index contributed by atoms with van der Waals surface area (Å²) in [6.45, 7) is 0. The van der Waals surface area contributed by atoms with Gasteiger partial charge in [-0.05, 0) is 46.3 Å². The van der Waals surface area contributed by atoms with E-state index in [9.17, 15) is 15.0 Å². The second-order valence-corrected chi connectivity index (χ2v) is 5.52. The average Bonchev–Trinajstić information content (AvgIpc) is 2.32. The van der Waals surface area contributed by atoms with Gasteiger partial charge in [-0.3, -0.25) is 4.79 Å². The first-order chi connectivity index (χ1) is 8.99. The highest BCUT2D eigenvalue weighted by molar-refractivity contribution is 9.11. The number of benzene rings is 2. The van der Waals surface area contributed by atoms with Crippen LogP contribution in [0.1, 0.15) is 10.4 Å². The number of carbonyl (C=O) groups is 1. The minimum Gasteiger partial charge on any atom is -0.507 e. The summed E-state index contributed by atoms with van der Waals surface area (Å²) >= 11 is 6.62. The molecule has 0 spiro atoms. The lowest BCUT2D eigenvalue weighted by molar-refractivity contribution is 0.102. The van der Waals surface area contributed by atoms with Crippen LogP contribution in [0.25, 0.3) is 0 Å². The largest absolute Gasteiger partial charge is 0.507 e. The van der Waals surface area contributed by atoms with E-state index < -0.39 is 5.91 Å². The number of hydrogen-bond acceptors (Lipinski definition) is 3. The number of rotatable bonds is 2. The van der Waals surface area contributed by atoms with Crippen LogP contribution in [0.2, 0.25) is 0 Å². The summed E-state index contributed by atoms with van der Waals surface area (Å²) in [7, 11) is 0. The molecule has 0 aliphatic heterocycles. The molecule has 0 atom stereocenters. The molecule has 0 radical (unpaired) electrons. The third-order valence-corrected chi connectivity index (χ3v) is 3.58.